The molecule has 0 aliphatic carbocycles. The van der Waals surface area contributed by atoms with Gasteiger partial charge in [-0.1, -0.05) is 13.8 Å². The fourth-order valence-corrected chi connectivity index (χ4v) is 1.95. The van der Waals surface area contributed by atoms with E-state index in [1.165, 1.54) is 5.56 Å². The third-order valence-corrected chi connectivity index (χ3v) is 3.40. The largest absolute Gasteiger partial charge is 0.371 e. The third-order valence-electron chi connectivity index (χ3n) is 3.40. The van der Waals surface area contributed by atoms with Crippen LogP contribution < -0.4 is 5.32 Å². The summed E-state index contributed by atoms with van der Waals surface area (Å²) < 4.78 is 5.45. The molecule has 0 bridgehead atoms. The van der Waals surface area contributed by atoms with Gasteiger partial charge in [-0.05, 0) is 46.2 Å². The van der Waals surface area contributed by atoms with Crippen LogP contribution in [0, 0.1) is 13.8 Å². The lowest BCUT2D eigenvalue weighted by Gasteiger charge is -2.23. The molecule has 0 spiro atoms. The van der Waals surface area contributed by atoms with Gasteiger partial charge in [-0.15, -0.1) is 0 Å². The van der Waals surface area contributed by atoms with Gasteiger partial charge in [-0.2, -0.15) is 0 Å². The SMILES string of the molecule is COC(C)(C)c1nc(C)c(CCNC(C)C)c(C)n1. The lowest BCUT2D eigenvalue weighted by atomic mass is 10.1. The van der Waals surface area contributed by atoms with E-state index in [0.29, 0.717) is 6.04 Å². The molecule has 0 amide bonds. The van der Waals surface area contributed by atoms with Gasteiger partial charge in [0.25, 0.3) is 0 Å². The summed E-state index contributed by atoms with van der Waals surface area (Å²) in [6.07, 6.45) is 0.962. The third kappa shape index (κ3) is 4.25. The second-order valence-electron chi connectivity index (χ2n) is 5.77. The number of hydrogen-bond donors (Lipinski definition) is 1. The Balaban J connectivity index is 2.92. The summed E-state index contributed by atoms with van der Waals surface area (Å²) in [5.74, 6) is 0.755. The number of aromatic nitrogens is 2. The van der Waals surface area contributed by atoms with E-state index in [4.69, 9.17) is 4.74 Å². The lowest BCUT2D eigenvalue weighted by molar-refractivity contribution is 0.0111. The molecule has 0 fully saturated rings. The van der Waals surface area contributed by atoms with Crippen LogP contribution in [0.15, 0.2) is 0 Å². The standard InChI is InChI=1S/C15H27N3O/c1-10(2)16-9-8-13-11(3)17-14(18-12(13)4)15(5,6)19-7/h10,16H,8-9H2,1-7H3. The highest BCUT2D eigenvalue weighted by molar-refractivity contribution is 5.25. The fourth-order valence-electron chi connectivity index (χ4n) is 1.95. The molecule has 4 heteroatoms. The Morgan fingerprint density at radius 3 is 2.11 bits per heavy atom. The van der Waals surface area contributed by atoms with E-state index in [9.17, 15) is 0 Å². The molecule has 0 radical (unpaired) electrons. The van der Waals surface area contributed by atoms with Crippen molar-refractivity contribution in [2.75, 3.05) is 13.7 Å². The van der Waals surface area contributed by atoms with Gasteiger partial charge in [0.1, 0.15) is 5.60 Å². The van der Waals surface area contributed by atoms with E-state index in [1.54, 1.807) is 7.11 Å². The van der Waals surface area contributed by atoms with Crippen LogP contribution in [-0.4, -0.2) is 29.7 Å². The van der Waals surface area contributed by atoms with Gasteiger partial charge in [-0.3, -0.25) is 0 Å². The summed E-state index contributed by atoms with van der Waals surface area (Å²) in [6, 6.07) is 0.508. The van der Waals surface area contributed by atoms with E-state index in [-0.39, 0.29) is 0 Å². The van der Waals surface area contributed by atoms with Crippen molar-refractivity contribution < 1.29 is 4.74 Å². The highest BCUT2D eigenvalue weighted by Crippen LogP contribution is 2.22. The molecule has 0 unspecified atom stereocenters. The zero-order valence-corrected chi connectivity index (χ0v) is 13.3. The predicted molar refractivity (Wildman–Crippen MR) is 78.4 cm³/mol. The number of hydrogen-bond acceptors (Lipinski definition) is 4. The smallest absolute Gasteiger partial charge is 0.160 e. The Labute approximate surface area is 117 Å². The van der Waals surface area contributed by atoms with Crippen molar-refractivity contribution in [1.82, 2.24) is 15.3 Å². The monoisotopic (exact) mass is 265 g/mol. The van der Waals surface area contributed by atoms with Gasteiger partial charge < -0.3 is 10.1 Å². The maximum absolute atomic E-state index is 5.45. The van der Waals surface area contributed by atoms with Crippen LogP contribution >= 0.6 is 0 Å². The van der Waals surface area contributed by atoms with Crippen LogP contribution in [0.2, 0.25) is 0 Å². The van der Waals surface area contributed by atoms with Crippen molar-refractivity contribution in [3.8, 4) is 0 Å². The summed E-state index contributed by atoms with van der Waals surface area (Å²) in [6.45, 7) is 13.3. The van der Waals surface area contributed by atoms with Crippen LogP contribution in [0.25, 0.3) is 0 Å². The summed E-state index contributed by atoms with van der Waals surface area (Å²) in [5.41, 5.74) is 2.91. The van der Waals surface area contributed by atoms with Crippen LogP contribution in [0.1, 0.15) is 50.5 Å². The maximum Gasteiger partial charge on any atom is 0.160 e. The molecular formula is C15H27N3O. The topological polar surface area (TPSA) is 47.0 Å². The van der Waals surface area contributed by atoms with Crippen LogP contribution in [-0.2, 0) is 16.8 Å². The Kier molecular flexibility index (Phi) is 5.44. The van der Waals surface area contributed by atoms with Gasteiger partial charge in [0, 0.05) is 24.5 Å². The zero-order valence-electron chi connectivity index (χ0n) is 13.3. The summed E-state index contributed by atoms with van der Waals surface area (Å²) in [4.78, 5) is 9.22. The van der Waals surface area contributed by atoms with Gasteiger partial charge in [0.2, 0.25) is 0 Å². The second-order valence-corrected chi connectivity index (χ2v) is 5.77. The number of methoxy groups -OCH3 is 1. The van der Waals surface area contributed by atoms with E-state index in [2.05, 4.69) is 43.0 Å². The minimum absolute atomic E-state index is 0.440. The van der Waals surface area contributed by atoms with Gasteiger partial charge >= 0.3 is 0 Å². The number of nitrogens with zero attached hydrogens (tertiary/aromatic N) is 2. The Morgan fingerprint density at radius 2 is 1.68 bits per heavy atom. The summed E-state index contributed by atoms with van der Waals surface area (Å²) in [5, 5.41) is 3.42. The predicted octanol–water partition coefficient (Wildman–Crippen LogP) is 2.52. The molecule has 1 N–H and O–H groups in total. The highest BCUT2D eigenvalue weighted by Gasteiger charge is 2.24. The first-order chi connectivity index (χ1) is 8.77. The van der Waals surface area contributed by atoms with Gasteiger partial charge in [0.05, 0.1) is 0 Å². The van der Waals surface area contributed by atoms with Crippen molar-refractivity contribution in [2.45, 2.75) is 59.6 Å². The Morgan fingerprint density at radius 1 is 1.16 bits per heavy atom. The first kappa shape index (κ1) is 16.1. The lowest BCUT2D eigenvalue weighted by Crippen LogP contribution is -2.27. The number of ether oxygens (including phenoxy) is 1. The molecule has 0 saturated carbocycles. The average molecular weight is 265 g/mol. The summed E-state index contributed by atoms with van der Waals surface area (Å²) >= 11 is 0. The first-order valence-electron chi connectivity index (χ1n) is 6.91. The molecule has 19 heavy (non-hydrogen) atoms. The first-order valence-corrected chi connectivity index (χ1v) is 6.91. The normalized spacial score (nSPS) is 12.2. The van der Waals surface area contributed by atoms with E-state index in [1.807, 2.05) is 13.8 Å². The van der Waals surface area contributed by atoms with Crippen molar-refractivity contribution in [3.63, 3.8) is 0 Å². The molecular weight excluding hydrogens is 238 g/mol. The molecule has 0 aliphatic heterocycles. The Hall–Kier alpha value is -1.00. The zero-order chi connectivity index (χ0) is 14.6. The molecule has 1 heterocycles. The van der Waals surface area contributed by atoms with E-state index in [0.717, 1.165) is 30.2 Å². The number of aryl methyl sites for hydroxylation is 2. The van der Waals surface area contributed by atoms with Crippen molar-refractivity contribution >= 4 is 0 Å². The van der Waals surface area contributed by atoms with Crippen LogP contribution in [0.3, 0.4) is 0 Å². The van der Waals surface area contributed by atoms with Crippen LogP contribution in [0.5, 0.6) is 0 Å². The van der Waals surface area contributed by atoms with Crippen molar-refractivity contribution in [1.29, 1.82) is 0 Å². The molecule has 0 atom stereocenters. The average Bonchev–Trinajstić information content (AvgIpc) is 2.32. The van der Waals surface area contributed by atoms with E-state index >= 15 is 0 Å². The quantitative estimate of drug-likeness (QED) is 0.858. The molecule has 1 aromatic rings. The van der Waals surface area contributed by atoms with Gasteiger partial charge in [0.15, 0.2) is 5.82 Å². The molecule has 1 rings (SSSR count). The molecule has 108 valence electrons. The minimum atomic E-state index is -0.440. The minimum Gasteiger partial charge on any atom is -0.371 e. The number of nitrogens with one attached hydrogen (secondary N) is 1. The van der Waals surface area contributed by atoms with Crippen molar-refractivity contribution in [2.24, 2.45) is 0 Å². The molecule has 0 saturated heterocycles. The number of rotatable bonds is 6. The molecule has 0 aliphatic rings. The van der Waals surface area contributed by atoms with Gasteiger partial charge in [-0.25, -0.2) is 9.97 Å². The summed E-state index contributed by atoms with van der Waals surface area (Å²) in [7, 11) is 1.69. The Bertz CT molecular complexity index is 404. The van der Waals surface area contributed by atoms with E-state index < -0.39 is 5.60 Å². The molecule has 4 nitrogen and oxygen atoms in total. The van der Waals surface area contributed by atoms with Crippen molar-refractivity contribution in [3.05, 3.63) is 22.8 Å². The fraction of sp³-hybridized carbons (Fsp3) is 0.733. The maximum atomic E-state index is 5.45. The highest BCUT2D eigenvalue weighted by atomic mass is 16.5. The second kappa shape index (κ2) is 6.44. The van der Waals surface area contributed by atoms with Crippen LogP contribution in [0.4, 0.5) is 0 Å². The molecule has 0 aromatic carbocycles. The molecule has 1 aromatic heterocycles.